The average molecular weight is 1850 g/mol. The van der Waals surface area contributed by atoms with E-state index in [1.54, 1.807) is 90.1 Å². The number of aryl methyl sites for hydroxylation is 22. The van der Waals surface area contributed by atoms with Gasteiger partial charge in [-0.1, -0.05) is 296 Å². The van der Waals surface area contributed by atoms with Gasteiger partial charge in [-0.15, -0.1) is 0 Å². The molecule has 0 spiro atoms. The minimum Gasteiger partial charge on any atom is -0.353 e. The van der Waals surface area contributed by atoms with E-state index in [9.17, 15) is 26.3 Å². The van der Waals surface area contributed by atoms with Gasteiger partial charge in [0.1, 0.15) is 23.3 Å². The maximum Gasteiger partial charge on any atom is 0.215 e. The van der Waals surface area contributed by atoms with Gasteiger partial charge in [0.2, 0.25) is 11.9 Å². The van der Waals surface area contributed by atoms with Gasteiger partial charge in [-0.05, 0) is 299 Å². The summed E-state index contributed by atoms with van der Waals surface area (Å²) in [5, 5.41) is 0. The van der Waals surface area contributed by atoms with E-state index in [4.69, 9.17) is 9.47 Å². The number of benzene rings is 5. The highest BCUT2D eigenvalue weighted by Gasteiger charge is 2.17. The first-order valence-electron chi connectivity index (χ1n) is 48.7. The molecule has 7 heterocycles. The van der Waals surface area contributed by atoms with Gasteiger partial charge in [-0.3, -0.25) is 9.97 Å². The third kappa shape index (κ3) is 62.8. The van der Waals surface area contributed by atoms with E-state index >= 15 is 0 Å². The summed E-state index contributed by atoms with van der Waals surface area (Å²) in [4.78, 5) is 31.2. The van der Waals surface area contributed by atoms with Crippen LogP contribution in [0.4, 0.5) is 26.3 Å². The molecule has 5 fully saturated rings. The molecule has 16 rings (SSSR count). The molecule has 738 valence electrons. The zero-order valence-corrected chi connectivity index (χ0v) is 88.5. The summed E-state index contributed by atoms with van der Waals surface area (Å²) in [6.45, 7) is 66.1. The Kier molecular flexibility index (Phi) is 64.0. The summed E-state index contributed by atoms with van der Waals surface area (Å²) in [6.07, 6.45) is 34.6. The molecule has 5 aliphatic rings. The van der Waals surface area contributed by atoms with Crippen molar-refractivity contribution in [3.05, 3.63) is 341 Å². The van der Waals surface area contributed by atoms with Crippen LogP contribution >= 0.6 is 0 Å². The van der Waals surface area contributed by atoms with Crippen molar-refractivity contribution in [3.8, 4) is 0 Å². The van der Waals surface area contributed by atoms with Crippen molar-refractivity contribution < 1.29 is 35.8 Å². The number of aromatic nitrogens is 8. The van der Waals surface area contributed by atoms with Crippen molar-refractivity contribution in [3.63, 3.8) is 0 Å². The molecule has 11 aromatic rings. The summed E-state index contributed by atoms with van der Waals surface area (Å²) >= 11 is 0. The monoisotopic (exact) mass is 1850 g/mol. The quantitative estimate of drug-likeness (QED) is 0.107. The lowest BCUT2D eigenvalue weighted by atomic mass is 9.84. The number of hydrogen-bond donors (Lipinski definition) is 0. The summed E-state index contributed by atoms with van der Waals surface area (Å²) < 4.78 is 85.7. The van der Waals surface area contributed by atoms with Gasteiger partial charge < -0.3 is 9.47 Å². The van der Waals surface area contributed by atoms with Gasteiger partial charge in [-0.25, -0.2) is 47.5 Å². The van der Waals surface area contributed by atoms with Gasteiger partial charge in [0.15, 0.2) is 17.9 Å². The van der Waals surface area contributed by atoms with Crippen molar-refractivity contribution in [1.82, 2.24) is 39.9 Å². The van der Waals surface area contributed by atoms with E-state index in [1.807, 2.05) is 138 Å². The van der Waals surface area contributed by atoms with Crippen LogP contribution in [0.5, 0.6) is 0 Å². The number of ether oxygens (including phenoxy) is 2. The first kappa shape index (κ1) is 122. The van der Waals surface area contributed by atoms with Gasteiger partial charge in [-0.2, -0.15) is 8.78 Å². The Morgan fingerprint density at radius 2 is 0.410 bits per heavy atom. The number of nitrogens with zero attached hydrogens (tertiary/aromatic N) is 8. The molecule has 0 radical (unpaired) electrons. The second-order valence-corrected chi connectivity index (χ2v) is 38.6. The third-order valence-corrected chi connectivity index (χ3v) is 23.3. The Morgan fingerprint density at radius 1 is 0.209 bits per heavy atom. The average Bonchev–Trinajstić information content (AvgIpc) is 0.851. The van der Waals surface area contributed by atoms with Crippen molar-refractivity contribution in [1.29, 1.82) is 0 Å². The minimum atomic E-state index is -0.736. The number of pyridine rings is 4. The summed E-state index contributed by atoms with van der Waals surface area (Å²) in [5.74, 6) is 7.96. The SMILES string of the molecule is CC1CCC(C)CC1.CC1CCC(C)CC1.CC1CCC(C)CC1.CC1CCC(C)CC1.CC1COC(C)OC1.Cc1ccc(C)c(F)c1.Cc1ccc(C)c(F)c1.Cc1ccc(C)c(F)c1F.Cc1ccc(C)c(F)n1.Cc1ccc(C)c(F)n1.Cc1ccc(C)cc1.Cc1ccc(C)cc1.Cc1ccc(C)nc1.Cc1ccc(C)nc1.Cc1cnc(C)nc1.Cc1cnc(C)nc1. The van der Waals surface area contributed by atoms with Crippen LogP contribution in [0.15, 0.2) is 183 Å². The zero-order chi connectivity index (χ0) is 101. The molecule has 0 unspecified atom stereocenters. The van der Waals surface area contributed by atoms with Crippen molar-refractivity contribution in [2.75, 3.05) is 13.2 Å². The molecule has 6 aromatic heterocycles. The van der Waals surface area contributed by atoms with Gasteiger partial charge in [0.25, 0.3) is 0 Å². The molecular weight excluding hydrogens is 1680 g/mol. The highest BCUT2D eigenvalue weighted by Crippen LogP contribution is 2.30. The van der Waals surface area contributed by atoms with Crippen LogP contribution in [0, 0.1) is 241 Å². The Morgan fingerprint density at radius 3 is 0.590 bits per heavy atom. The van der Waals surface area contributed by atoms with E-state index in [-0.39, 0.29) is 29.8 Å². The molecule has 0 bridgehead atoms. The summed E-state index contributed by atoms with van der Waals surface area (Å²) in [6, 6.07) is 45.7. The molecule has 5 aromatic carbocycles. The van der Waals surface area contributed by atoms with Gasteiger partial charge >= 0.3 is 0 Å². The standard InChI is InChI=1S/C8H8F2.2C8H9F.4C8H16.2C8H10.2C7H8FN.2C7H9N.2C6H8N2.C6H12O2/c1-5-3-4-6(2)8(10)7(5)9;2*1-6-3-4-7(2)8(9)5-6;6*1-7-3-5-8(2)6-4-7;2*1-5-3-4-6(2)9-7(5)8;2*1-6-3-4-7(2)8-5-6;3*1-5-3-7-6(2)8-4-5/h3-4H,1-2H3;2*3-5H,1-2H3;4*7-8H,3-6H2,1-2H3;2*3-6H,1-2H3;2*3-4H,1-2H3;2*3-5H,1-2H3;2*3-4H,1-2H3;5-6H,3-4H2,1-2H3. The fourth-order valence-corrected chi connectivity index (χ4v) is 13.0. The topological polar surface area (TPSA) is 122 Å². The molecule has 16 heteroatoms. The Balaban J connectivity index is 0.000000715. The van der Waals surface area contributed by atoms with Crippen molar-refractivity contribution in [2.45, 2.75) is 331 Å². The first-order valence-corrected chi connectivity index (χ1v) is 48.7. The Hall–Kier alpha value is -9.64. The van der Waals surface area contributed by atoms with Crippen LogP contribution in [0.1, 0.15) is 295 Å². The smallest absolute Gasteiger partial charge is 0.215 e. The Bertz CT molecular complexity index is 3990. The summed E-state index contributed by atoms with van der Waals surface area (Å²) in [7, 11) is 0. The number of hydrogen-bond acceptors (Lipinski definition) is 10. The predicted octanol–water partition coefficient (Wildman–Crippen LogP) is 33.7. The molecule has 0 amide bonds. The maximum absolute atomic E-state index is 12.6. The number of halogens is 6. The van der Waals surface area contributed by atoms with E-state index in [0.717, 1.165) is 117 Å². The largest absolute Gasteiger partial charge is 0.353 e. The Labute approximate surface area is 809 Å². The highest BCUT2D eigenvalue weighted by atomic mass is 19.2. The van der Waals surface area contributed by atoms with Crippen LogP contribution in [-0.4, -0.2) is 59.4 Å². The lowest BCUT2D eigenvalue weighted by molar-refractivity contribution is -0.187. The molecule has 134 heavy (non-hydrogen) atoms. The van der Waals surface area contributed by atoms with Gasteiger partial charge in [0, 0.05) is 77.0 Å². The second-order valence-electron chi connectivity index (χ2n) is 38.6. The molecule has 0 atom stereocenters. The lowest BCUT2D eigenvalue weighted by Gasteiger charge is -2.24. The summed E-state index contributed by atoms with van der Waals surface area (Å²) in [5.41, 5.74) is 18.8. The van der Waals surface area contributed by atoms with Crippen LogP contribution in [0.3, 0.4) is 0 Å². The fraction of sp³-hybridized carbons (Fsp3) is 0.508. The van der Waals surface area contributed by atoms with Crippen LogP contribution in [0.2, 0.25) is 0 Å². The molecule has 0 N–H and O–H groups in total. The van der Waals surface area contributed by atoms with E-state index in [0.29, 0.717) is 39.3 Å². The van der Waals surface area contributed by atoms with E-state index < -0.39 is 11.6 Å². The molecule has 1 aliphatic heterocycles. The normalized spacial score (nSPS) is 18.5. The molecule has 1 saturated heterocycles. The van der Waals surface area contributed by atoms with E-state index in [2.05, 4.69) is 191 Å². The zero-order valence-electron chi connectivity index (χ0n) is 88.5. The lowest BCUT2D eigenvalue weighted by Crippen LogP contribution is -2.27. The fourth-order valence-electron chi connectivity index (χ4n) is 13.0. The van der Waals surface area contributed by atoms with Gasteiger partial charge in [0.05, 0.1) is 13.2 Å². The van der Waals surface area contributed by atoms with Crippen molar-refractivity contribution in [2.24, 2.45) is 53.3 Å². The van der Waals surface area contributed by atoms with E-state index in [1.165, 1.54) is 162 Å². The molecule has 4 aliphatic carbocycles. The van der Waals surface area contributed by atoms with Crippen LogP contribution < -0.4 is 0 Å². The minimum absolute atomic E-state index is 0.0196. The first-order chi connectivity index (χ1) is 63.1. The van der Waals surface area contributed by atoms with Crippen LogP contribution in [-0.2, 0) is 9.47 Å². The number of rotatable bonds is 0. The van der Waals surface area contributed by atoms with Crippen molar-refractivity contribution >= 4 is 0 Å². The second kappa shape index (κ2) is 70.1. The predicted molar refractivity (Wildman–Crippen MR) is 555 cm³/mol. The maximum atomic E-state index is 12.6. The molecule has 10 nitrogen and oxygen atoms in total. The van der Waals surface area contributed by atoms with Crippen LogP contribution in [0.25, 0.3) is 0 Å². The third-order valence-electron chi connectivity index (χ3n) is 23.3. The highest BCUT2D eigenvalue weighted by molar-refractivity contribution is 5.26. The molecular formula is C118H172F6N8O2. The molecule has 4 saturated carbocycles.